The van der Waals surface area contributed by atoms with E-state index in [1.807, 2.05) is 0 Å². The molecule has 11 heteroatoms. The lowest BCUT2D eigenvalue weighted by molar-refractivity contribution is -0.137. The lowest BCUT2D eigenvalue weighted by Crippen LogP contribution is -2.41. The first-order valence-electron chi connectivity index (χ1n) is 8.49. The third-order valence-corrected chi connectivity index (χ3v) is 4.90. The van der Waals surface area contributed by atoms with Crippen molar-refractivity contribution in [1.29, 1.82) is 0 Å². The van der Waals surface area contributed by atoms with Crippen LogP contribution in [0.25, 0.3) is 11.2 Å². The molecule has 1 amide bonds. The average molecular weight is 363 g/mol. The molecule has 2 fully saturated rings. The summed E-state index contributed by atoms with van der Waals surface area (Å²) in [6, 6.07) is 0.324. The maximum Gasteiger partial charge on any atom is 0.251 e. The molecule has 0 unspecified atom stereocenters. The Kier molecular flexibility index (Phi) is 4.13. The molecule has 2 aliphatic rings. The largest absolute Gasteiger partial charge is 0.387 e. The molecule has 4 atom stereocenters. The van der Waals surface area contributed by atoms with Gasteiger partial charge in [0.1, 0.15) is 12.2 Å². The summed E-state index contributed by atoms with van der Waals surface area (Å²) in [5, 5.41) is 26.2. The molecule has 11 nitrogen and oxygen atoms in total. The number of rotatable bonds is 4. The van der Waals surface area contributed by atoms with Crippen molar-refractivity contribution in [2.45, 2.75) is 49.8 Å². The molecule has 2 aromatic heterocycles. The number of amides is 1. The Bertz CT molecular complexity index is 837. The van der Waals surface area contributed by atoms with E-state index in [0.717, 1.165) is 19.3 Å². The standard InChI is InChI=1S/C15H21N7O4/c1-17-13(25)10-8(23)9(24)14(26-10)22-5-18-7-11(19-6-3-2-4-6)20-15(16)21-12(7)22/h5-6,8-10,14,23-24H,2-4H2,1H3,(H,17,25)(H3,16,19,20,21)/t8-,9+,10-,14+/m0/s1. The third kappa shape index (κ3) is 2.64. The van der Waals surface area contributed by atoms with Crippen LogP contribution in [0.3, 0.4) is 0 Å². The van der Waals surface area contributed by atoms with Gasteiger partial charge < -0.3 is 31.3 Å². The minimum atomic E-state index is -1.37. The van der Waals surface area contributed by atoms with Crippen molar-refractivity contribution in [1.82, 2.24) is 24.8 Å². The molecule has 0 aromatic carbocycles. The van der Waals surface area contributed by atoms with Gasteiger partial charge in [-0.1, -0.05) is 0 Å². The number of nitrogens with one attached hydrogen (secondary N) is 2. The first kappa shape index (κ1) is 16.9. The highest BCUT2D eigenvalue weighted by molar-refractivity contribution is 5.84. The Morgan fingerprint density at radius 2 is 2.12 bits per heavy atom. The highest BCUT2D eigenvalue weighted by atomic mass is 16.6. The Labute approximate surface area is 148 Å². The van der Waals surface area contributed by atoms with Crippen molar-refractivity contribution >= 4 is 28.8 Å². The van der Waals surface area contributed by atoms with E-state index in [4.69, 9.17) is 10.5 Å². The van der Waals surface area contributed by atoms with Crippen LogP contribution in [0.1, 0.15) is 25.5 Å². The van der Waals surface area contributed by atoms with E-state index in [0.29, 0.717) is 23.0 Å². The molecule has 1 saturated heterocycles. The van der Waals surface area contributed by atoms with Crippen LogP contribution in [0.2, 0.25) is 0 Å². The van der Waals surface area contributed by atoms with Gasteiger partial charge in [-0.05, 0) is 19.3 Å². The highest BCUT2D eigenvalue weighted by Gasteiger charge is 2.47. The average Bonchev–Trinajstić information content (AvgIpc) is 3.12. The van der Waals surface area contributed by atoms with Crippen LogP contribution >= 0.6 is 0 Å². The first-order valence-corrected chi connectivity index (χ1v) is 8.49. The summed E-state index contributed by atoms with van der Waals surface area (Å²) in [6.45, 7) is 0. The number of ether oxygens (including phenoxy) is 1. The van der Waals surface area contributed by atoms with Gasteiger partial charge in [-0.25, -0.2) is 4.98 Å². The number of nitrogens with zero attached hydrogens (tertiary/aromatic N) is 4. The van der Waals surface area contributed by atoms with Gasteiger partial charge in [0.15, 0.2) is 29.3 Å². The maximum absolute atomic E-state index is 11.8. The Morgan fingerprint density at radius 1 is 1.35 bits per heavy atom. The molecule has 1 saturated carbocycles. The number of hydrogen-bond donors (Lipinski definition) is 5. The summed E-state index contributed by atoms with van der Waals surface area (Å²) >= 11 is 0. The van der Waals surface area contributed by atoms with E-state index in [1.54, 1.807) is 0 Å². The lowest BCUT2D eigenvalue weighted by atomic mass is 9.93. The number of carbonyl (C=O) groups is 1. The van der Waals surface area contributed by atoms with Crippen LogP contribution in [0.15, 0.2) is 6.33 Å². The highest BCUT2D eigenvalue weighted by Crippen LogP contribution is 2.33. The summed E-state index contributed by atoms with van der Waals surface area (Å²) in [5.41, 5.74) is 6.67. The summed E-state index contributed by atoms with van der Waals surface area (Å²) in [4.78, 5) is 24.6. The lowest BCUT2D eigenvalue weighted by Gasteiger charge is -2.27. The summed E-state index contributed by atoms with van der Waals surface area (Å²) in [6.07, 6.45) is -0.216. The van der Waals surface area contributed by atoms with Gasteiger partial charge in [0.05, 0.1) is 6.33 Å². The number of likely N-dealkylation sites (N-methyl/N-ethyl adjacent to an activating group) is 1. The van der Waals surface area contributed by atoms with Crippen LogP contribution in [0.5, 0.6) is 0 Å². The van der Waals surface area contributed by atoms with Gasteiger partial charge >= 0.3 is 0 Å². The second-order valence-electron chi connectivity index (χ2n) is 6.57. The number of aromatic nitrogens is 4. The zero-order chi connectivity index (χ0) is 18.4. The van der Waals surface area contributed by atoms with Crippen molar-refractivity contribution in [3.8, 4) is 0 Å². The van der Waals surface area contributed by atoms with E-state index in [2.05, 4.69) is 25.6 Å². The van der Waals surface area contributed by atoms with Crippen LogP contribution in [0, 0.1) is 0 Å². The molecule has 26 heavy (non-hydrogen) atoms. The fraction of sp³-hybridized carbons (Fsp3) is 0.600. The summed E-state index contributed by atoms with van der Waals surface area (Å²) in [7, 11) is 1.43. The van der Waals surface area contributed by atoms with Crippen LogP contribution in [-0.4, -0.2) is 67.0 Å². The number of anilines is 2. The number of nitrogens with two attached hydrogens (primary N) is 1. The van der Waals surface area contributed by atoms with Crippen molar-refractivity contribution < 1.29 is 19.7 Å². The predicted molar refractivity (Wildman–Crippen MR) is 91.0 cm³/mol. The summed E-state index contributed by atoms with van der Waals surface area (Å²) < 4.78 is 7.03. The Morgan fingerprint density at radius 3 is 2.77 bits per heavy atom. The van der Waals surface area contributed by atoms with Crippen molar-refractivity contribution in [3.05, 3.63) is 6.33 Å². The van der Waals surface area contributed by atoms with Crippen molar-refractivity contribution in [3.63, 3.8) is 0 Å². The molecular formula is C15H21N7O4. The quantitative estimate of drug-likeness (QED) is 0.446. The van der Waals surface area contributed by atoms with Gasteiger partial charge in [-0.15, -0.1) is 0 Å². The molecule has 140 valence electrons. The second kappa shape index (κ2) is 6.34. The van der Waals surface area contributed by atoms with E-state index < -0.39 is 30.4 Å². The van der Waals surface area contributed by atoms with Gasteiger partial charge in [-0.2, -0.15) is 9.97 Å². The zero-order valence-electron chi connectivity index (χ0n) is 14.2. The number of aliphatic hydroxyl groups excluding tert-OH is 2. The van der Waals surface area contributed by atoms with Crippen molar-refractivity contribution in [2.75, 3.05) is 18.1 Å². The number of hydrogen-bond acceptors (Lipinski definition) is 9. The molecular weight excluding hydrogens is 342 g/mol. The first-order chi connectivity index (χ1) is 12.5. The van der Waals surface area contributed by atoms with Crippen LogP contribution < -0.4 is 16.4 Å². The molecule has 0 bridgehead atoms. The predicted octanol–water partition coefficient (Wildman–Crippen LogP) is -1.26. The SMILES string of the molecule is CNC(=O)[C@H]1O[C@@H](n2cnc3c(NC4CCC4)nc(N)nc32)[C@H](O)[C@@H]1O. The summed E-state index contributed by atoms with van der Waals surface area (Å²) in [5.74, 6) is 0.0498. The minimum absolute atomic E-state index is 0.0527. The molecule has 2 aromatic rings. The normalized spacial score (nSPS) is 28.9. The molecule has 0 radical (unpaired) electrons. The van der Waals surface area contributed by atoms with E-state index in [-0.39, 0.29) is 5.95 Å². The minimum Gasteiger partial charge on any atom is -0.387 e. The van der Waals surface area contributed by atoms with E-state index >= 15 is 0 Å². The van der Waals surface area contributed by atoms with Gasteiger partial charge in [0.25, 0.3) is 5.91 Å². The number of imidazole rings is 1. The fourth-order valence-electron chi connectivity index (χ4n) is 3.21. The fourth-order valence-corrected chi connectivity index (χ4v) is 3.21. The van der Waals surface area contributed by atoms with Crippen LogP contribution in [-0.2, 0) is 9.53 Å². The number of fused-ring (bicyclic) bond motifs is 1. The van der Waals surface area contributed by atoms with Gasteiger partial charge in [-0.3, -0.25) is 9.36 Å². The Balaban J connectivity index is 1.70. The monoisotopic (exact) mass is 363 g/mol. The van der Waals surface area contributed by atoms with Gasteiger partial charge in [0, 0.05) is 13.1 Å². The topological polar surface area (TPSA) is 160 Å². The van der Waals surface area contributed by atoms with E-state index in [1.165, 1.54) is 17.9 Å². The second-order valence-corrected chi connectivity index (χ2v) is 6.57. The third-order valence-electron chi connectivity index (χ3n) is 4.90. The molecule has 1 aliphatic carbocycles. The molecule has 1 aliphatic heterocycles. The van der Waals surface area contributed by atoms with Gasteiger partial charge in [0.2, 0.25) is 5.95 Å². The zero-order valence-corrected chi connectivity index (χ0v) is 14.2. The molecule has 6 N–H and O–H groups in total. The number of aliphatic hydroxyl groups is 2. The number of nitrogen functional groups attached to an aromatic ring is 1. The smallest absolute Gasteiger partial charge is 0.251 e. The molecule has 3 heterocycles. The maximum atomic E-state index is 11.8. The van der Waals surface area contributed by atoms with Crippen LogP contribution in [0.4, 0.5) is 11.8 Å². The van der Waals surface area contributed by atoms with E-state index in [9.17, 15) is 15.0 Å². The Hall–Kier alpha value is -2.50. The molecule has 0 spiro atoms. The molecule has 4 rings (SSSR count). The number of carbonyl (C=O) groups excluding carboxylic acids is 1. The van der Waals surface area contributed by atoms with Crippen molar-refractivity contribution in [2.24, 2.45) is 0 Å².